The lowest BCUT2D eigenvalue weighted by Gasteiger charge is -2.24. The third-order valence-electron chi connectivity index (χ3n) is 5.56. The molecule has 0 aliphatic rings. The Labute approximate surface area is 221 Å². The van der Waals surface area contributed by atoms with Gasteiger partial charge in [0.1, 0.15) is 0 Å². The fraction of sp³-hybridized carbons (Fsp3) is 0.111. The Kier molecular flexibility index (Phi) is 8.52. The highest BCUT2D eigenvalue weighted by Crippen LogP contribution is 2.34. The summed E-state index contributed by atoms with van der Waals surface area (Å²) in [7, 11) is 0. The van der Waals surface area contributed by atoms with Crippen LogP contribution in [0.25, 0.3) is 11.1 Å². The van der Waals surface area contributed by atoms with Gasteiger partial charge >= 0.3 is 0 Å². The lowest BCUT2D eigenvalue weighted by molar-refractivity contribution is -0.131. The largest absolute Gasteiger partial charge is 0.754 e. The second kappa shape index (κ2) is 12.0. The summed E-state index contributed by atoms with van der Waals surface area (Å²) in [4.78, 5) is 16.0. The number of benzene rings is 3. The Bertz CT molecular complexity index is 1410. The highest BCUT2D eigenvalue weighted by molar-refractivity contribution is 7.80. The minimum atomic E-state index is -2.75. The number of nitriles is 1. The van der Waals surface area contributed by atoms with Crippen molar-refractivity contribution in [3.8, 4) is 17.3 Å². The van der Waals surface area contributed by atoms with Gasteiger partial charge in [-0.05, 0) is 40.3 Å². The van der Waals surface area contributed by atoms with E-state index in [1.54, 1.807) is 52.8 Å². The Hall–Kier alpha value is -3.48. The van der Waals surface area contributed by atoms with Crippen molar-refractivity contribution in [3.05, 3.63) is 111 Å². The predicted octanol–water partition coefficient (Wildman–Crippen LogP) is 5.92. The number of carbonyl (C=O) groups is 1. The molecule has 4 aromatic rings. The normalized spacial score (nSPS) is 11.5. The smallest absolute Gasteiger partial charge is 0.228 e. The van der Waals surface area contributed by atoms with E-state index in [4.69, 9.17) is 11.6 Å². The molecule has 1 atom stereocenters. The van der Waals surface area contributed by atoms with Gasteiger partial charge in [0.25, 0.3) is 0 Å². The van der Waals surface area contributed by atoms with Crippen LogP contribution in [-0.2, 0) is 35.6 Å². The van der Waals surface area contributed by atoms with Gasteiger partial charge in [-0.15, -0.1) is 11.3 Å². The molecule has 0 saturated heterocycles. The molecule has 3 aromatic carbocycles. The number of thiophene rings is 1. The summed E-state index contributed by atoms with van der Waals surface area (Å²) in [6.45, 7) is 0.757. The average molecular weight is 535 g/mol. The molecule has 0 bridgehead atoms. The number of para-hydroxylation sites is 1. The molecular weight excluding hydrogens is 514 g/mol. The van der Waals surface area contributed by atoms with Crippen LogP contribution in [-0.4, -0.2) is 19.6 Å². The lowest BCUT2D eigenvalue weighted by atomic mass is 10.0. The topological polar surface area (TPSA) is 87.5 Å². The van der Waals surface area contributed by atoms with Gasteiger partial charge in [-0.3, -0.25) is 9.00 Å². The number of hydrogen-bond donors (Lipinski definition) is 0. The molecule has 0 N–H and O–H groups in total. The number of amides is 1. The monoisotopic (exact) mass is 534 g/mol. The number of nitrogens with zero attached hydrogens (tertiary/aromatic N) is 3. The summed E-state index contributed by atoms with van der Waals surface area (Å²) < 4.78 is 23.7. The molecule has 0 aliphatic carbocycles. The maximum atomic E-state index is 13.2. The van der Waals surface area contributed by atoms with Crippen molar-refractivity contribution in [2.45, 2.75) is 19.5 Å². The molecule has 1 amide bonds. The van der Waals surface area contributed by atoms with Crippen LogP contribution >= 0.6 is 22.9 Å². The Balaban J connectivity index is 1.62. The van der Waals surface area contributed by atoms with Crippen LogP contribution in [0.15, 0.2) is 90.3 Å². The molecule has 1 unspecified atom stereocenters. The first kappa shape index (κ1) is 25.6. The number of hydrogen-bond acceptors (Lipinski definition) is 5. The molecule has 0 aliphatic heterocycles. The van der Waals surface area contributed by atoms with Crippen molar-refractivity contribution in [3.63, 3.8) is 0 Å². The molecular formula is C27H21ClN3O3S2-. The van der Waals surface area contributed by atoms with Crippen LogP contribution in [0.1, 0.15) is 16.0 Å². The number of anilines is 1. The first-order chi connectivity index (χ1) is 17.5. The van der Waals surface area contributed by atoms with Crippen molar-refractivity contribution in [2.75, 3.05) is 4.31 Å². The van der Waals surface area contributed by atoms with Gasteiger partial charge < -0.3 is 9.45 Å². The summed E-state index contributed by atoms with van der Waals surface area (Å²) in [5.74, 6) is -0.00520. The minimum Gasteiger partial charge on any atom is -0.754 e. The molecule has 0 saturated carbocycles. The molecule has 0 fully saturated rings. The van der Waals surface area contributed by atoms with Crippen LogP contribution in [0.3, 0.4) is 0 Å². The SMILES string of the molecule is N#CN(c1ccccc1-c1ccc(CN(Cc2ccccc2)C(=O)Cc2cccs2)c(Cl)c1)S(=O)[O-]. The van der Waals surface area contributed by atoms with Crippen LogP contribution in [0.5, 0.6) is 0 Å². The van der Waals surface area contributed by atoms with E-state index in [2.05, 4.69) is 0 Å². The van der Waals surface area contributed by atoms with Crippen LogP contribution in [0.4, 0.5) is 5.69 Å². The second-order valence-corrected chi connectivity index (χ2v) is 10.2. The Morgan fingerprint density at radius 3 is 2.42 bits per heavy atom. The predicted molar refractivity (Wildman–Crippen MR) is 143 cm³/mol. The molecule has 0 radical (unpaired) electrons. The van der Waals surface area contributed by atoms with Gasteiger partial charge in [-0.2, -0.15) is 5.26 Å². The maximum Gasteiger partial charge on any atom is 0.228 e. The number of rotatable bonds is 9. The third-order valence-corrected chi connectivity index (χ3v) is 7.37. The van der Waals surface area contributed by atoms with Gasteiger partial charge in [0.2, 0.25) is 5.91 Å². The Morgan fingerprint density at radius 2 is 1.75 bits per heavy atom. The van der Waals surface area contributed by atoms with Crippen molar-refractivity contribution in [1.82, 2.24) is 4.90 Å². The third kappa shape index (κ3) is 6.20. The van der Waals surface area contributed by atoms with Gasteiger partial charge in [-0.1, -0.05) is 78.3 Å². The zero-order valence-corrected chi connectivity index (χ0v) is 21.4. The molecule has 9 heteroatoms. The van der Waals surface area contributed by atoms with Crippen LogP contribution < -0.4 is 4.31 Å². The van der Waals surface area contributed by atoms with E-state index in [0.717, 1.165) is 16.0 Å². The van der Waals surface area contributed by atoms with E-state index >= 15 is 0 Å². The molecule has 182 valence electrons. The van der Waals surface area contributed by atoms with Crippen LogP contribution in [0.2, 0.25) is 5.02 Å². The summed E-state index contributed by atoms with van der Waals surface area (Å²) in [5, 5.41) is 11.7. The summed E-state index contributed by atoms with van der Waals surface area (Å²) in [6.07, 6.45) is 1.99. The number of carbonyl (C=O) groups excluding carboxylic acids is 1. The second-order valence-electron chi connectivity index (χ2n) is 7.93. The highest BCUT2D eigenvalue weighted by atomic mass is 35.5. The van der Waals surface area contributed by atoms with Gasteiger partial charge in [0, 0.05) is 28.6 Å². The lowest BCUT2D eigenvalue weighted by Crippen LogP contribution is -2.31. The van der Waals surface area contributed by atoms with Crippen molar-refractivity contribution < 1.29 is 13.6 Å². The van der Waals surface area contributed by atoms with E-state index < -0.39 is 11.3 Å². The highest BCUT2D eigenvalue weighted by Gasteiger charge is 2.19. The molecule has 0 spiro atoms. The summed E-state index contributed by atoms with van der Waals surface area (Å²) in [5.41, 5.74) is 3.21. The zero-order chi connectivity index (χ0) is 25.5. The molecule has 4 rings (SSSR count). The molecule has 6 nitrogen and oxygen atoms in total. The van der Waals surface area contributed by atoms with Gasteiger partial charge in [0.05, 0.1) is 23.4 Å². The standard InChI is InChI=1S/C27H22ClN3O3S2/c28-25-15-21(24-10-4-5-11-26(24)31(19-29)36(33)34)12-13-22(25)18-30(17-20-7-2-1-3-8-20)27(32)16-23-9-6-14-35-23/h1-15H,16-18H2,(H,33,34)/p-1. The summed E-state index contributed by atoms with van der Waals surface area (Å²) >= 11 is 5.46. The van der Waals surface area contributed by atoms with E-state index in [1.165, 1.54) is 0 Å². The maximum absolute atomic E-state index is 13.2. The van der Waals surface area contributed by atoms with E-state index in [-0.39, 0.29) is 11.6 Å². The van der Waals surface area contributed by atoms with Gasteiger partial charge in [0.15, 0.2) is 6.19 Å². The zero-order valence-electron chi connectivity index (χ0n) is 19.0. The fourth-order valence-electron chi connectivity index (χ4n) is 3.82. The van der Waals surface area contributed by atoms with Gasteiger partial charge in [-0.25, -0.2) is 4.31 Å². The van der Waals surface area contributed by atoms with Crippen molar-refractivity contribution in [1.29, 1.82) is 5.26 Å². The van der Waals surface area contributed by atoms with Crippen LogP contribution in [0, 0.1) is 11.5 Å². The first-order valence-electron chi connectivity index (χ1n) is 11.0. The van der Waals surface area contributed by atoms with E-state index in [0.29, 0.717) is 40.0 Å². The fourth-order valence-corrected chi connectivity index (χ4v) is 5.14. The average Bonchev–Trinajstić information content (AvgIpc) is 3.39. The minimum absolute atomic E-state index is 0.00520. The Morgan fingerprint density at radius 1 is 1.00 bits per heavy atom. The van der Waals surface area contributed by atoms with E-state index in [9.17, 15) is 18.8 Å². The number of halogens is 1. The molecule has 1 aromatic heterocycles. The first-order valence-corrected chi connectivity index (χ1v) is 13.3. The van der Waals surface area contributed by atoms with E-state index in [1.807, 2.05) is 60.0 Å². The van der Waals surface area contributed by atoms with Crippen molar-refractivity contribution >= 4 is 45.8 Å². The quantitative estimate of drug-likeness (QED) is 0.151. The summed E-state index contributed by atoms with van der Waals surface area (Å²) in [6, 6.07) is 25.7. The molecule has 1 heterocycles. The van der Waals surface area contributed by atoms with Crippen molar-refractivity contribution in [2.24, 2.45) is 0 Å². The molecule has 36 heavy (non-hydrogen) atoms.